The molecule has 33 heavy (non-hydrogen) atoms. The fourth-order valence-corrected chi connectivity index (χ4v) is 4.51. The van der Waals surface area contributed by atoms with Gasteiger partial charge in [-0.25, -0.2) is 0 Å². The van der Waals surface area contributed by atoms with E-state index in [-0.39, 0.29) is 30.3 Å². The third-order valence-corrected chi connectivity index (χ3v) is 6.39. The highest BCUT2D eigenvalue weighted by atomic mass is 19.4. The van der Waals surface area contributed by atoms with Crippen LogP contribution in [0.3, 0.4) is 0 Å². The molecule has 0 amide bonds. The van der Waals surface area contributed by atoms with E-state index in [1.807, 2.05) is 30.3 Å². The highest BCUT2D eigenvalue weighted by molar-refractivity contribution is 5.33. The molecule has 0 N–H and O–H groups in total. The van der Waals surface area contributed by atoms with E-state index in [9.17, 15) is 26.3 Å². The predicted molar refractivity (Wildman–Crippen MR) is 115 cm³/mol. The average molecular weight is 474 g/mol. The highest BCUT2D eigenvalue weighted by Gasteiger charge is 2.38. The number of nitrogens with zero attached hydrogens (tertiary/aromatic N) is 1. The van der Waals surface area contributed by atoms with Crippen molar-refractivity contribution in [2.45, 2.75) is 63.5 Å². The summed E-state index contributed by atoms with van der Waals surface area (Å²) in [6, 6.07) is 11.8. The normalized spacial score (nSPS) is 20.8. The quantitative estimate of drug-likeness (QED) is 0.416. The topological polar surface area (TPSA) is 12.5 Å². The average Bonchev–Trinajstić information content (AvgIpc) is 2.97. The zero-order chi connectivity index (χ0) is 24.3. The molecule has 0 radical (unpaired) electrons. The second kappa shape index (κ2) is 10.1. The molecule has 2 nitrogen and oxygen atoms in total. The number of hydrogen-bond acceptors (Lipinski definition) is 2. The fourth-order valence-electron chi connectivity index (χ4n) is 4.51. The van der Waals surface area contributed by atoms with Gasteiger partial charge < -0.3 is 9.64 Å². The molecule has 1 unspecified atom stereocenters. The van der Waals surface area contributed by atoms with Gasteiger partial charge in [0.1, 0.15) is 0 Å². The second-order valence-corrected chi connectivity index (χ2v) is 9.04. The summed E-state index contributed by atoms with van der Waals surface area (Å²) in [6.07, 6.45) is -7.19. The molecule has 1 saturated heterocycles. The van der Waals surface area contributed by atoms with Crippen LogP contribution in [0.2, 0.25) is 0 Å². The van der Waals surface area contributed by atoms with Crippen LogP contribution in [0.5, 0.6) is 0 Å². The number of alkyl halides is 6. The third kappa shape index (κ3) is 6.51. The van der Waals surface area contributed by atoms with Crippen molar-refractivity contribution >= 4 is 0 Å². The Hall–Kier alpha value is -2.06. The summed E-state index contributed by atoms with van der Waals surface area (Å²) in [5, 5.41) is 0. The summed E-state index contributed by atoms with van der Waals surface area (Å²) < 4.78 is 84.8. The molecule has 0 aromatic heterocycles. The van der Waals surface area contributed by atoms with Gasteiger partial charge in [0.05, 0.1) is 24.3 Å². The monoisotopic (exact) mass is 473 g/mol. The maximum absolute atomic E-state index is 13.2. The molecule has 2 aromatic carbocycles. The van der Waals surface area contributed by atoms with Gasteiger partial charge in [0, 0.05) is 11.5 Å². The molecule has 3 rings (SSSR count). The van der Waals surface area contributed by atoms with Crippen LogP contribution in [0.4, 0.5) is 26.3 Å². The second-order valence-electron chi connectivity index (χ2n) is 9.04. The van der Waals surface area contributed by atoms with Crippen LogP contribution in [0.25, 0.3) is 0 Å². The van der Waals surface area contributed by atoms with E-state index in [1.54, 1.807) is 0 Å². The first-order valence-corrected chi connectivity index (χ1v) is 11.1. The minimum atomic E-state index is -4.87. The molecule has 1 aliphatic rings. The maximum atomic E-state index is 13.2. The lowest BCUT2D eigenvalue weighted by molar-refractivity contribution is -0.143. The van der Waals surface area contributed by atoms with E-state index in [2.05, 4.69) is 18.7 Å². The molecular weight excluding hydrogens is 444 g/mol. The summed E-state index contributed by atoms with van der Waals surface area (Å²) in [7, 11) is 0. The van der Waals surface area contributed by atoms with E-state index >= 15 is 0 Å². The predicted octanol–water partition coefficient (Wildman–Crippen LogP) is 7.07. The first kappa shape index (κ1) is 25.6. The number of halogens is 6. The lowest BCUT2D eigenvalue weighted by atomic mass is 9.75. The van der Waals surface area contributed by atoms with Gasteiger partial charge in [-0.2, -0.15) is 26.3 Å². The standard InChI is InChI=1S/C25H29F6NO/c1-18(2)32-11-6-9-23(10-12-32,20-7-4-3-5-8-20)17-33-16-19-13-21(24(26,27)28)15-22(14-19)25(29,30)31/h3-5,7-8,13-15,18H,6,9-12,16-17H2,1-2H3. The summed E-state index contributed by atoms with van der Waals surface area (Å²) in [5.74, 6) is 0. The molecule has 0 saturated carbocycles. The zero-order valence-corrected chi connectivity index (χ0v) is 18.8. The Bertz CT molecular complexity index is 877. The van der Waals surface area contributed by atoms with Crippen molar-refractivity contribution in [3.63, 3.8) is 0 Å². The largest absolute Gasteiger partial charge is 0.416 e. The van der Waals surface area contributed by atoms with Crippen LogP contribution in [0.15, 0.2) is 48.5 Å². The van der Waals surface area contributed by atoms with Crippen molar-refractivity contribution in [2.24, 2.45) is 0 Å². The lowest BCUT2D eigenvalue weighted by Crippen LogP contribution is -2.35. The van der Waals surface area contributed by atoms with Crippen molar-refractivity contribution in [1.82, 2.24) is 4.90 Å². The third-order valence-electron chi connectivity index (χ3n) is 6.39. The van der Waals surface area contributed by atoms with E-state index < -0.39 is 23.5 Å². The Morgan fingerprint density at radius 2 is 1.48 bits per heavy atom. The van der Waals surface area contributed by atoms with Gasteiger partial charge in [-0.3, -0.25) is 0 Å². The molecule has 1 fully saturated rings. The smallest absolute Gasteiger partial charge is 0.376 e. The van der Waals surface area contributed by atoms with E-state index in [0.29, 0.717) is 6.04 Å². The van der Waals surface area contributed by atoms with E-state index in [0.717, 1.165) is 50.0 Å². The van der Waals surface area contributed by atoms with Crippen molar-refractivity contribution in [1.29, 1.82) is 0 Å². The fraction of sp³-hybridized carbons (Fsp3) is 0.520. The van der Waals surface area contributed by atoms with Gasteiger partial charge in [0.15, 0.2) is 0 Å². The zero-order valence-electron chi connectivity index (χ0n) is 18.8. The molecule has 1 atom stereocenters. The Kier molecular flexibility index (Phi) is 7.79. The molecule has 1 heterocycles. The first-order valence-electron chi connectivity index (χ1n) is 11.1. The Balaban J connectivity index is 1.82. The highest BCUT2D eigenvalue weighted by Crippen LogP contribution is 2.38. The van der Waals surface area contributed by atoms with Crippen molar-refractivity contribution in [2.75, 3.05) is 19.7 Å². The summed E-state index contributed by atoms with van der Waals surface area (Å²) in [4.78, 5) is 2.38. The molecule has 0 bridgehead atoms. The van der Waals surface area contributed by atoms with Crippen LogP contribution in [0.1, 0.15) is 55.4 Å². The van der Waals surface area contributed by atoms with Crippen LogP contribution in [0, 0.1) is 0 Å². The van der Waals surface area contributed by atoms with Crippen LogP contribution in [-0.2, 0) is 29.1 Å². The minimum absolute atomic E-state index is 0.140. The molecule has 182 valence electrons. The van der Waals surface area contributed by atoms with Crippen molar-refractivity contribution in [3.8, 4) is 0 Å². The number of rotatable bonds is 6. The van der Waals surface area contributed by atoms with Gasteiger partial charge in [0.25, 0.3) is 0 Å². The summed E-state index contributed by atoms with van der Waals surface area (Å²) in [5.41, 5.74) is -2.06. The number of hydrogen-bond donors (Lipinski definition) is 0. The van der Waals surface area contributed by atoms with Crippen LogP contribution < -0.4 is 0 Å². The number of ether oxygens (including phenoxy) is 1. The Labute approximate surface area is 190 Å². The number of benzene rings is 2. The summed E-state index contributed by atoms with van der Waals surface area (Å²) >= 11 is 0. The Morgan fingerprint density at radius 3 is 2.03 bits per heavy atom. The van der Waals surface area contributed by atoms with E-state index in [4.69, 9.17) is 4.74 Å². The Morgan fingerprint density at radius 1 is 0.879 bits per heavy atom. The molecule has 0 aliphatic carbocycles. The van der Waals surface area contributed by atoms with Crippen molar-refractivity contribution < 1.29 is 31.1 Å². The number of likely N-dealkylation sites (tertiary alicyclic amines) is 1. The molecule has 0 spiro atoms. The maximum Gasteiger partial charge on any atom is 0.416 e. The summed E-state index contributed by atoms with van der Waals surface area (Å²) in [6.45, 7) is 5.96. The van der Waals surface area contributed by atoms with Crippen molar-refractivity contribution in [3.05, 3.63) is 70.8 Å². The van der Waals surface area contributed by atoms with Gasteiger partial charge >= 0.3 is 12.4 Å². The van der Waals surface area contributed by atoms with Gasteiger partial charge in [-0.05, 0) is 75.5 Å². The van der Waals surface area contributed by atoms with Gasteiger partial charge in [-0.1, -0.05) is 30.3 Å². The molecule has 2 aromatic rings. The van der Waals surface area contributed by atoms with E-state index in [1.165, 1.54) is 0 Å². The van der Waals surface area contributed by atoms with Crippen LogP contribution >= 0.6 is 0 Å². The SMILES string of the molecule is CC(C)N1CCCC(COCc2cc(C(F)(F)F)cc(C(F)(F)F)c2)(c2ccccc2)CC1. The van der Waals surface area contributed by atoms with Gasteiger partial charge in [-0.15, -0.1) is 0 Å². The van der Waals surface area contributed by atoms with Crippen LogP contribution in [-0.4, -0.2) is 30.6 Å². The molecular formula is C25H29F6NO. The molecule has 8 heteroatoms. The van der Waals surface area contributed by atoms with Gasteiger partial charge in [0.2, 0.25) is 0 Å². The minimum Gasteiger partial charge on any atom is -0.376 e. The lowest BCUT2D eigenvalue weighted by Gasteiger charge is -2.34. The molecule has 1 aliphatic heterocycles. The first-order chi connectivity index (χ1) is 15.4.